The molecular formula is C42H39ClF8N10O5. The number of aliphatic imine (C=N–C) groups is 1. The van der Waals surface area contributed by atoms with Crippen molar-refractivity contribution in [3.8, 4) is 22.6 Å². The standard InChI is InChI=1S/C42H39ClF8N10O5/c1-39(2,42(49,50)51)21-40(27-11-8-25(9-12-27)31-17-55-61(58-31)28-13-14-28)35(63)59(37(57-40)52-18-33(62)65-19-24-6-4-3-5-7-24)32(20-66-38(64)53-22-41(46,47)48)26-10-15-30(43)29(16-26)34-54-23-56-60(34)36(44)45/h3-12,15-17,23,28,32,36H,13-14,18-22H2,1-2H3,(H,52,57)(H,53,64)/t32-,40-/m1/s1. The summed E-state index contributed by atoms with van der Waals surface area (Å²) in [6.45, 7) is -5.38. The number of guanidine groups is 1. The number of nitrogens with zero attached hydrogens (tertiary/aromatic N) is 8. The first-order chi connectivity index (χ1) is 31.2. The summed E-state index contributed by atoms with van der Waals surface area (Å²) in [5.74, 6) is -3.13. The van der Waals surface area contributed by atoms with Crippen LogP contribution in [0.4, 0.5) is 39.9 Å². The zero-order chi connectivity index (χ0) is 47.6. The van der Waals surface area contributed by atoms with E-state index >= 15 is 4.79 Å². The molecule has 2 amide bonds. The minimum Gasteiger partial charge on any atom is -0.459 e. The Labute approximate surface area is 375 Å². The highest BCUT2D eigenvalue weighted by Crippen LogP contribution is 2.49. The molecule has 350 valence electrons. The van der Waals surface area contributed by atoms with E-state index in [2.05, 4.69) is 30.6 Å². The zero-order valence-electron chi connectivity index (χ0n) is 34.8. The van der Waals surface area contributed by atoms with Crippen LogP contribution in [0.5, 0.6) is 0 Å². The van der Waals surface area contributed by atoms with Gasteiger partial charge >= 0.3 is 31.0 Å². The fraction of sp³-hybridized carbons (Fsp3) is 0.381. The molecule has 3 heterocycles. The topological polar surface area (TPSA) is 171 Å². The molecule has 24 heteroatoms. The summed E-state index contributed by atoms with van der Waals surface area (Å²) in [4.78, 5) is 52.0. The van der Waals surface area contributed by atoms with Crippen LogP contribution in [-0.4, -0.2) is 90.6 Å². The molecule has 2 atom stereocenters. The summed E-state index contributed by atoms with van der Waals surface area (Å²) >= 11 is 6.46. The number of carbonyl (C=O) groups excluding carboxylic acids is 3. The molecule has 0 radical (unpaired) electrons. The molecule has 66 heavy (non-hydrogen) atoms. The van der Waals surface area contributed by atoms with Crippen molar-refractivity contribution in [2.24, 2.45) is 10.4 Å². The van der Waals surface area contributed by atoms with Gasteiger partial charge in [-0.3, -0.25) is 14.5 Å². The van der Waals surface area contributed by atoms with Crippen LogP contribution in [0.3, 0.4) is 0 Å². The number of benzene rings is 3. The highest BCUT2D eigenvalue weighted by Gasteiger charge is 2.60. The quantitative estimate of drug-likeness (QED) is 0.0724. The highest BCUT2D eigenvalue weighted by atomic mass is 35.5. The first-order valence-corrected chi connectivity index (χ1v) is 20.4. The van der Waals surface area contributed by atoms with E-state index in [1.165, 1.54) is 47.9 Å². The summed E-state index contributed by atoms with van der Waals surface area (Å²) in [7, 11) is 0. The number of ether oxygens (including phenoxy) is 2. The second kappa shape index (κ2) is 18.7. The van der Waals surface area contributed by atoms with Crippen molar-refractivity contribution in [3.63, 3.8) is 0 Å². The summed E-state index contributed by atoms with van der Waals surface area (Å²) in [5, 5.41) is 16.5. The van der Waals surface area contributed by atoms with E-state index in [-0.39, 0.29) is 39.0 Å². The molecule has 2 aromatic heterocycles. The molecule has 1 aliphatic heterocycles. The Hall–Kier alpha value is -6.65. The van der Waals surface area contributed by atoms with Crippen molar-refractivity contribution in [2.75, 3.05) is 19.7 Å². The predicted octanol–water partition coefficient (Wildman–Crippen LogP) is 8.32. The fourth-order valence-electron chi connectivity index (χ4n) is 7.14. The van der Waals surface area contributed by atoms with E-state index in [0.29, 0.717) is 16.8 Å². The van der Waals surface area contributed by atoms with Gasteiger partial charge in [-0.05, 0) is 48.1 Å². The maximum Gasteiger partial charge on any atom is 0.407 e. The van der Waals surface area contributed by atoms with E-state index in [1.807, 2.05) is 0 Å². The number of carbonyl (C=O) groups is 3. The van der Waals surface area contributed by atoms with Gasteiger partial charge in [0.1, 0.15) is 43.9 Å². The van der Waals surface area contributed by atoms with Gasteiger partial charge in [-0.15, -0.1) is 0 Å². The van der Waals surface area contributed by atoms with Crippen molar-refractivity contribution in [1.29, 1.82) is 0 Å². The molecule has 7 rings (SSSR count). The van der Waals surface area contributed by atoms with Crippen LogP contribution in [-0.2, 0) is 31.2 Å². The van der Waals surface area contributed by atoms with Crippen LogP contribution in [0.15, 0.2) is 90.3 Å². The van der Waals surface area contributed by atoms with E-state index in [4.69, 9.17) is 21.1 Å². The van der Waals surface area contributed by atoms with Gasteiger partial charge in [-0.2, -0.15) is 59.9 Å². The van der Waals surface area contributed by atoms with Crippen LogP contribution < -0.4 is 10.6 Å². The second-order valence-electron chi connectivity index (χ2n) is 16.0. The fourth-order valence-corrected chi connectivity index (χ4v) is 7.34. The number of halogens is 9. The van der Waals surface area contributed by atoms with Crippen molar-refractivity contribution < 1.29 is 59.0 Å². The lowest BCUT2D eigenvalue weighted by Crippen LogP contribution is -2.50. The first kappa shape index (κ1) is 47.3. The number of alkyl halides is 8. The molecule has 1 aliphatic carbocycles. The molecule has 0 unspecified atom stereocenters. The lowest BCUT2D eigenvalue weighted by atomic mass is 9.74. The van der Waals surface area contributed by atoms with E-state index < -0.39 is 91.8 Å². The summed E-state index contributed by atoms with van der Waals surface area (Å²) in [6.07, 6.45) is -8.34. The minimum atomic E-state index is -4.93. The molecule has 1 saturated heterocycles. The third-order valence-corrected chi connectivity index (χ3v) is 11.1. The van der Waals surface area contributed by atoms with E-state index in [1.54, 1.807) is 35.1 Å². The molecule has 0 bridgehead atoms. The van der Waals surface area contributed by atoms with Crippen molar-refractivity contribution in [2.45, 2.75) is 76.2 Å². The van der Waals surface area contributed by atoms with Crippen LogP contribution in [0.25, 0.3) is 22.6 Å². The number of rotatable bonds is 16. The van der Waals surface area contributed by atoms with Crippen molar-refractivity contribution >= 4 is 35.5 Å². The number of esters is 1. The summed E-state index contributed by atoms with van der Waals surface area (Å²) in [5.41, 5.74) is -3.86. The smallest absolute Gasteiger partial charge is 0.407 e. The first-order valence-electron chi connectivity index (χ1n) is 20.1. The number of hydrogen-bond acceptors (Lipinski definition) is 10. The molecule has 2 N–H and O–H groups in total. The monoisotopic (exact) mass is 950 g/mol. The molecule has 15 nitrogen and oxygen atoms in total. The largest absolute Gasteiger partial charge is 0.459 e. The maximum absolute atomic E-state index is 15.5. The van der Waals surface area contributed by atoms with Gasteiger partial charge in [0.15, 0.2) is 5.82 Å². The van der Waals surface area contributed by atoms with Gasteiger partial charge in [-0.25, -0.2) is 14.8 Å². The zero-order valence-corrected chi connectivity index (χ0v) is 35.5. The lowest BCUT2D eigenvalue weighted by molar-refractivity contribution is -0.218. The molecular weight excluding hydrogens is 912 g/mol. The van der Waals surface area contributed by atoms with Gasteiger partial charge in [0.05, 0.1) is 28.7 Å². The lowest BCUT2D eigenvalue weighted by Gasteiger charge is -2.37. The Morgan fingerprint density at radius 1 is 0.985 bits per heavy atom. The van der Waals surface area contributed by atoms with Crippen molar-refractivity contribution in [1.82, 2.24) is 45.3 Å². The molecule has 3 aromatic carbocycles. The van der Waals surface area contributed by atoms with Gasteiger partial charge < -0.3 is 20.1 Å². The Balaban J connectivity index is 1.36. The SMILES string of the molecule is CC(C)(C[C@]1(c2ccc(-c3cnn(C4CC4)n3)cc2)NC(=NCC(=O)OCc2ccccc2)N([C@H](COC(=O)NCC(F)(F)F)c2ccc(Cl)c(-c3ncnn3C(F)F)c2)C1=O)C(F)(F)F. The Morgan fingerprint density at radius 3 is 2.35 bits per heavy atom. The maximum atomic E-state index is 15.5. The number of hydrogen-bond donors (Lipinski definition) is 2. The normalized spacial score (nSPS) is 17.8. The average Bonchev–Trinajstić information content (AvgIpc) is 3.65. The highest BCUT2D eigenvalue weighted by molar-refractivity contribution is 6.33. The Kier molecular flexibility index (Phi) is 13.4. The number of nitrogens with one attached hydrogen (secondary N) is 2. The number of alkyl carbamates (subject to hydrolysis) is 1. The van der Waals surface area contributed by atoms with Crippen LogP contribution in [0.2, 0.25) is 5.02 Å². The molecule has 0 spiro atoms. The minimum absolute atomic E-state index is 0.0329. The number of amides is 2. The van der Waals surface area contributed by atoms with Gasteiger partial charge in [0.25, 0.3) is 5.91 Å². The van der Waals surface area contributed by atoms with E-state index in [9.17, 15) is 44.7 Å². The predicted molar refractivity (Wildman–Crippen MR) is 218 cm³/mol. The second-order valence-corrected chi connectivity index (χ2v) is 16.4. The third kappa shape index (κ3) is 10.6. The average molecular weight is 951 g/mol. The van der Waals surface area contributed by atoms with Crippen LogP contribution >= 0.6 is 11.6 Å². The van der Waals surface area contributed by atoms with Crippen molar-refractivity contribution in [3.05, 3.63) is 107 Å². The van der Waals surface area contributed by atoms with E-state index in [0.717, 1.165) is 44.0 Å². The van der Waals surface area contributed by atoms with Gasteiger partial charge in [-0.1, -0.05) is 86.1 Å². The number of aromatic nitrogens is 6. The molecule has 1 saturated carbocycles. The summed E-state index contributed by atoms with van der Waals surface area (Å²) in [6, 6.07) is 16.3. The third-order valence-electron chi connectivity index (χ3n) is 10.8. The molecule has 2 fully saturated rings. The van der Waals surface area contributed by atoms with Gasteiger partial charge in [0, 0.05) is 11.1 Å². The van der Waals surface area contributed by atoms with Crippen LogP contribution in [0, 0.1) is 5.41 Å². The Morgan fingerprint density at radius 2 is 1.70 bits per heavy atom. The Bertz CT molecular complexity index is 2580. The molecule has 2 aliphatic rings. The van der Waals surface area contributed by atoms with Crippen LogP contribution in [0.1, 0.15) is 68.4 Å². The summed E-state index contributed by atoms with van der Waals surface area (Å²) < 4.78 is 123. The molecule has 5 aromatic rings. The van der Waals surface area contributed by atoms with Gasteiger partial charge in [0.2, 0.25) is 5.96 Å².